The van der Waals surface area contributed by atoms with Crippen molar-refractivity contribution in [2.75, 3.05) is 0 Å². The van der Waals surface area contributed by atoms with E-state index in [9.17, 15) is 0 Å². The monoisotopic (exact) mass is 308 g/mol. The van der Waals surface area contributed by atoms with E-state index in [1.807, 2.05) is 26.0 Å². The van der Waals surface area contributed by atoms with Crippen molar-refractivity contribution in [3.63, 3.8) is 0 Å². The average Bonchev–Trinajstić information content (AvgIpc) is 2.66. The van der Waals surface area contributed by atoms with E-state index >= 15 is 0 Å². The zero-order valence-corrected chi connectivity index (χ0v) is 12.4. The molecule has 3 nitrogen and oxygen atoms in total. The summed E-state index contributed by atoms with van der Waals surface area (Å²) in [5, 5.41) is 7.45. The molecule has 0 spiro atoms. The smallest absolute Gasteiger partial charge is 0.138 e. The number of aryl methyl sites for hydroxylation is 2. The molecule has 1 aromatic heterocycles. The van der Waals surface area contributed by atoms with Gasteiger partial charge in [-0.1, -0.05) is 33.2 Å². The maximum atomic E-state index is 5.15. The van der Waals surface area contributed by atoms with E-state index in [0.29, 0.717) is 0 Å². The third-order valence-electron chi connectivity index (χ3n) is 3.11. The highest BCUT2D eigenvalue weighted by atomic mass is 79.9. The van der Waals surface area contributed by atoms with Crippen molar-refractivity contribution in [2.24, 2.45) is 0 Å². The first kappa shape index (κ1) is 13.3. The standard InChI is InChI=1S/C14H17BrN2O/c1-9(12-5-4-6-13(15)7-12)16-8-14-10(2)17-18-11(14)3/h4-7,9,16H,8H2,1-3H3. The largest absolute Gasteiger partial charge is 0.361 e. The zero-order chi connectivity index (χ0) is 13.1. The number of hydrogen-bond donors (Lipinski definition) is 1. The van der Waals surface area contributed by atoms with Gasteiger partial charge in [0.1, 0.15) is 5.76 Å². The van der Waals surface area contributed by atoms with Crippen LogP contribution in [0.5, 0.6) is 0 Å². The molecule has 0 aliphatic carbocycles. The first-order valence-electron chi connectivity index (χ1n) is 5.98. The Labute approximate surface area is 116 Å². The molecule has 96 valence electrons. The van der Waals surface area contributed by atoms with Crippen molar-refractivity contribution in [2.45, 2.75) is 33.4 Å². The molecule has 2 rings (SSSR count). The van der Waals surface area contributed by atoms with Gasteiger partial charge in [0.15, 0.2) is 0 Å². The first-order valence-corrected chi connectivity index (χ1v) is 6.78. The second-order valence-corrected chi connectivity index (χ2v) is 5.38. The second kappa shape index (κ2) is 5.67. The number of benzene rings is 1. The number of halogens is 1. The highest BCUT2D eigenvalue weighted by molar-refractivity contribution is 9.10. The fourth-order valence-electron chi connectivity index (χ4n) is 1.90. The van der Waals surface area contributed by atoms with Crippen molar-refractivity contribution < 1.29 is 4.52 Å². The summed E-state index contributed by atoms with van der Waals surface area (Å²) in [5.41, 5.74) is 3.37. The van der Waals surface area contributed by atoms with Crippen LogP contribution in [-0.2, 0) is 6.54 Å². The van der Waals surface area contributed by atoms with Gasteiger partial charge in [0.2, 0.25) is 0 Å². The molecule has 1 unspecified atom stereocenters. The number of hydrogen-bond acceptors (Lipinski definition) is 3. The number of rotatable bonds is 4. The summed E-state index contributed by atoms with van der Waals surface area (Å²) in [6.07, 6.45) is 0. The van der Waals surface area contributed by atoms with Gasteiger partial charge in [-0.3, -0.25) is 0 Å². The van der Waals surface area contributed by atoms with E-state index < -0.39 is 0 Å². The summed E-state index contributed by atoms with van der Waals surface area (Å²) in [4.78, 5) is 0. The molecule has 0 amide bonds. The minimum atomic E-state index is 0.288. The molecule has 1 aromatic carbocycles. The van der Waals surface area contributed by atoms with Crippen molar-refractivity contribution >= 4 is 15.9 Å². The second-order valence-electron chi connectivity index (χ2n) is 4.46. The van der Waals surface area contributed by atoms with Gasteiger partial charge in [-0.05, 0) is 38.5 Å². The number of nitrogens with one attached hydrogen (secondary N) is 1. The molecule has 1 heterocycles. The van der Waals surface area contributed by atoms with Crippen molar-refractivity contribution in [3.05, 3.63) is 51.3 Å². The van der Waals surface area contributed by atoms with Crippen LogP contribution in [0.2, 0.25) is 0 Å². The molecule has 1 N–H and O–H groups in total. The Morgan fingerprint density at radius 2 is 2.17 bits per heavy atom. The van der Waals surface area contributed by atoms with Gasteiger partial charge >= 0.3 is 0 Å². The van der Waals surface area contributed by atoms with Crippen LogP contribution in [0.3, 0.4) is 0 Å². The molecule has 2 aromatic rings. The van der Waals surface area contributed by atoms with E-state index in [1.54, 1.807) is 0 Å². The Kier molecular flexibility index (Phi) is 4.19. The maximum Gasteiger partial charge on any atom is 0.138 e. The molecule has 0 saturated carbocycles. The summed E-state index contributed by atoms with van der Waals surface area (Å²) < 4.78 is 6.26. The van der Waals surface area contributed by atoms with Crippen molar-refractivity contribution in [1.82, 2.24) is 10.5 Å². The Morgan fingerprint density at radius 3 is 2.78 bits per heavy atom. The lowest BCUT2D eigenvalue weighted by atomic mass is 10.1. The number of nitrogens with zero attached hydrogens (tertiary/aromatic N) is 1. The Morgan fingerprint density at radius 1 is 1.39 bits per heavy atom. The lowest BCUT2D eigenvalue weighted by Crippen LogP contribution is -2.18. The normalized spacial score (nSPS) is 12.7. The first-order chi connectivity index (χ1) is 8.58. The van der Waals surface area contributed by atoms with E-state index in [0.717, 1.165) is 28.0 Å². The topological polar surface area (TPSA) is 38.1 Å². The van der Waals surface area contributed by atoms with Crippen LogP contribution >= 0.6 is 15.9 Å². The van der Waals surface area contributed by atoms with Gasteiger partial charge in [0.05, 0.1) is 5.69 Å². The van der Waals surface area contributed by atoms with Crippen LogP contribution in [0.1, 0.15) is 35.5 Å². The van der Waals surface area contributed by atoms with Gasteiger partial charge in [0, 0.05) is 22.6 Å². The predicted molar refractivity (Wildman–Crippen MR) is 75.4 cm³/mol. The zero-order valence-electron chi connectivity index (χ0n) is 10.8. The molecular weight excluding hydrogens is 292 g/mol. The fraction of sp³-hybridized carbons (Fsp3) is 0.357. The molecule has 0 radical (unpaired) electrons. The van der Waals surface area contributed by atoms with Crippen LogP contribution in [-0.4, -0.2) is 5.16 Å². The molecular formula is C14H17BrN2O. The van der Waals surface area contributed by atoms with Gasteiger partial charge in [-0.15, -0.1) is 0 Å². The summed E-state index contributed by atoms with van der Waals surface area (Å²) in [6.45, 7) is 6.84. The highest BCUT2D eigenvalue weighted by Crippen LogP contribution is 2.19. The van der Waals surface area contributed by atoms with Gasteiger partial charge in [-0.25, -0.2) is 0 Å². The molecule has 1 atom stereocenters. The van der Waals surface area contributed by atoms with Crippen LogP contribution in [0, 0.1) is 13.8 Å². The SMILES string of the molecule is Cc1noc(C)c1CNC(C)c1cccc(Br)c1. The minimum Gasteiger partial charge on any atom is -0.361 e. The number of aromatic nitrogens is 1. The molecule has 18 heavy (non-hydrogen) atoms. The average molecular weight is 309 g/mol. The molecule has 0 aliphatic rings. The van der Waals surface area contributed by atoms with Crippen LogP contribution in [0.25, 0.3) is 0 Å². The Balaban J connectivity index is 2.02. The van der Waals surface area contributed by atoms with Crippen LogP contribution in [0.4, 0.5) is 0 Å². The summed E-state index contributed by atoms with van der Waals surface area (Å²) in [5.74, 6) is 0.890. The maximum absolute atomic E-state index is 5.15. The van der Waals surface area contributed by atoms with Crippen LogP contribution in [0.15, 0.2) is 33.3 Å². The van der Waals surface area contributed by atoms with Gasteiger partial charge < -0.3 is 9.84 Å². The van der Waals surface area contributed by atoms with Crippen molar-refractivity contribution in [1.29, 1.82) is 0 Å². The van der Waals surface area contributed by atoms with E-state index in [-0.39, 0.29) is 6.04 Å². The molecule has 4 heteroatoms. The summed E-state index contributed by atoms with van der Waals surface area (Å²) in [7, 11) is 0. The predicted octanol–water partition coefficient (Wildman–Crippen LogP) is 3.90. The van der Waals surface area contributed by atoms with Gasteiger partial charge in [0.25, 0.3) is 0 Å². The lowest BCUT2D eigenvalue weighted by Gasteiger charge is -2.14. The van der Waals surface area contributed by atoms with E-state index in [2.05, 4.69) is 45.5 Å². The minimum absolute atomic E-state index is 0.288. The highest BCUT2D eigenvalue weighted by Gasteiger charge is 2.11. The molecule has 0 fully saturated rings. The lowest BCUT2D eigenvalue weighted by molar-refractivity contribution is 0.391. The van der Waals surface area contributed by atoms with E-state index in [4.69, 9.17) is 4.52 Å². The summed E-state index contributed by atoms with van der Waals surface area (Å²) >= 11 is 3.49. The van der Waals surface area contributed by atoms with Crippen LogP contribution < -0.4 is 5.32 Å². The third kappa shape index (κ3) is 3.00. The Hall–Kier alpha value is -1.13. The van der Waals surface area contributed by atoms with Crippen molar-refractivity contribution in [3.8, 4) is 0 Å². The Bertz CT molecular complexity index is 517. The fourth-order valence-corrected chi connectivity index (χ4v) is 2.32. The summed E-state index contributed by atoms with van der Waals surface area (Å²) in [6, 6.07) is 8.62. The van der Waals surface area contributed by atoms with Gasteiger partial charge in [-0.2, -0.15) is 0 Å². The quantitative estimate of drug-likeness (QED) is 0.930. The molecule has 0 saturated heterocycles. The third-order valence-corrected chi connectivity index (χ3v) is 3.61. The molecule has 0 bridgehead atoms. The molecule has 0 aliphatic heterocycles. The van der Waals surface area contributed by atoms with E-state index in [1.165, 1.54) is 5.56 Å².